The van der Waals surface area contributed by atoms with Gasteiger partial charge in [-0.15, -0.1) is 12.4 Å². The highest BCUT2D eigenvalue weighted by Gasteiger charge is 2.26. The van der Waals surface area contributed by atoms with Gasteiger partial charge in [-0.1, -0.05) is 0 Å². The number of carbonyl (C=O) groups is 1. The van der Waals surface area contributed by atoms with Crippen molar-refractivity contribution in [2.45, 2.75) is 44.6 Å². The first kappa shape index (κ1) is 16.7. The fourth-order valence-electron chi connectivity index (χ4n) is 2.95. The average Bonchev–Trinajstić information content (AvgIpc) is 2.89. The van der Waals surface area contributed by atoms with E-state index in [9.17, 15) is 4.79 Å². The Labute approximate surface area is 122 Å². The van der Waals surface area contributed by atoms with Gasteiger partial charge < -0.3 is 15.0 Å². The van der Waals surface area contributed by atoms with Crippen LogP contribution in [0.5, 0.6) is 0 Å². The van der Waals surface area contributed by atoms with Gasteiger partial charge in [0.05, 0.1) is 12.5 Å². The van der Waals surface area contributed by atoms with Crippen molar-refractivity contribution in [3.63, 3.8) is 0 Å². The molecular formula is C14H27ClN2O2. The number of nitrogens with zero attached hydrogens (tertiary/aromatic N) is 1. The maximum Gasteiger partial charge on any atom is 0.225 e. The van der Waals surface area contributed by atoms with Crippen molar-refractivity contribution in [2.75, 3.05) is 33.3 Å². The molecule has 0 aromatic heterocycles. The smallest absolute Gasteiger partial charge is 0.225 e. The Kier molecular flexibility index (Phi) is 7.73. The molecule has 2 aliphatic heterocycles. The molecule has 0 bridgehead atoms. The molecule has 0 aromatic rings. The third-order valence-electron chi connectivity index (χ3n) is 4.20. The van der Waals surface area contributed by atoms with Crippen molar-refractivity contribution in [3.05, 3.63) is 0 Å². The summed E-state index contributed by atoms with van der Waals surface area (Å²) in [6.07, 6.45) is 6.54. The Bertz CT molecular complexity index is 262. The summed E-state index contributed by atoms with van der Waals surface area (Å²) in [5.74, 6) is 1.10. The van der Waals surface area contributed by atoms with Crippen molar-refractivity contribution in [1.82, 2.24) is 10.2 Å². The molecule has 0 aliphatic carbocycles. The number of nitrogens with one attached hydrogen (secondary N) is 1. The van der Waals surface area contributed by atoms with E-state index in [0.717, 1.165) is 45.0 Å². The molecule has 2 fully saturated rings. The Morgan fingerprint density at radius 1 is 1.32 bits per heavy atom. The average molecular weight is 291 g/mol. The predicted octanol–water partition coefficient (Wildman–Crippen LogP) is 1.83. The maximum atomic E-state index is 12.1. The first-order chi connectivity index (χ1) is 8.79. The summed E-state index contributed by atoms with van der Waals surface area (Å²) >= 11 is 0. The summed E-state index contributed by atoms with van der Waals surface area (Å²) in [6.45, 7) is 3.82. The number of ether oxygens (including phenoxy) is 1. The number of hydrogen-bond donors (Lipinski definition) is 1. The minimum Gasteiger partial charge on any atom is -0.378 e. The van der Waals surface area contributed by atoms with Crippen LogP contribution in [-0.2, 0) is 9.53 Å². The van der Waals surface area contributed by atoms with E-state index in [1.165, 1.54) is 19.3 Å². The SMILES string of the molecule is CNCCC1CCN(C(=O)CC2CCCO2)CC1.Cl. The molecule has 1 amide bonds. The number of hydrogen-bond acceptors (Lipinski definition) is 3. The molecule has 5 heteroatoms. The minimum atomic E-state index is 0. The van der Waals surface area contributed by atoms with Crippen LogP contribution in [0.25, 0.3) is 0 Å². The monoisotopic (exact) mass is 290 g/mol. The van der Waals surface area contributed by atoms with E-state index in [4.69, 9.17) is 4.74 Å². The molecule has 4 nitrogen and oxygen atoms in total. The molecule has 2 aliphatic rings. The van der Waals surface area contributed by atoms with Crippen molar-refractivity contribution in [1.29, 1.82) is 0 Å². The lowest BCUT2D eigenvalue weighted by molar-refractivity contribution is -0.134. The number of rotatable bonds is 5. The number of amides is 1. The van der Waals surface area contributed by atoms with E-state index >= 15 is 0 Å². The first-order valence-corrected chi connectivity index (χ1v) is 7.33. The first-order valence-electron chi connectivity index (χ1n) is 7.33. The van der Waals surface area contributed by atoms with Crippen LogP contribution in [0, 0.1) is 5.92 Å². The zero-order valence-corrected chi connectivity index (χ0v) is 12.7. The second kappa shape index (κ2) is 8.77. The second-order valence-corrected chi connectivity index (χ2v) is 5.56. The van der Waals surface area contributed by atoms with Gasteiger partial charge in [0, 0.05) is 19.7 Å². The summed E-state index contributed by atoms with van der Waals surface area (Å²) < 4.78 is 5.53. The molecule has 112 valence electrons. The van der Waals surface area contributed by atoms with Crippen LogP contribution in [0.2, 0.25) is 0 Å². The number of carbonyl (C=O) groups excluding carboxylic acids is 1. The third-order valence-corrected chi connectivity index (χ3v) is 4.20. The lowest BCUT2D eigenvalue weighted by atomic mass is 9.93. The van der Waals surface area contributed by atoms with E-state index in [1.807, 2.05) is 11.9 Å². The van der Waals surface area contributed by atoms with Crippen LogP contribution in [0.3, 0.4) is 0 Å². The maximum absolute atomic E-state index is 12.1. The normalized spacial score (nSPS) is 24.3. The molecular weight excluding hydrogens is 264 g/mol. The molecule has 1 N–H and O–H groups in total. The van der Waals surface area contributed by atoms with E-state index in [0.29, 0.717) is 12.3 Å². The van der Waals surface area contributed by atoms with Crippen molar-refractivity contribution in [3.8, 4) is 0 Å². The molecule has 19 heavy (non-hydrogen) atoms. The highest BCUT2D eigenvalue weighted by atomic mass is 35.5. The van der Waals surface area contributed by atoms with Crippen LogP contribution >= 0.6 is 12.4 Å². The molecule has 1 atom stereocenters. The summed E-state index contributed by atoms with van der Waals surface area (Å²) in [4.78, 5) is 14.1. The fraction of sp³-hybridized carbons (Fsp3) is 0.929. The van der Waals surface area contributed by atoms with Crippen molar-refractivity contribution in [2.24, 2.45) is 5.92 Å². The lowest BCUT2D eigenvalue weighted by Crippen LogP contribution is -2.40. The lowest BCUT2D eigenvalue weighted by Gasteiger charge is -2.32. The molecule has 0 saturated carbocycles. The second-order valence-electron chi connectivity index (χ2n) is 5.56. The molecule has 2 saturated heterocycles. The van der Waals surface area contributed by atoms with Gasteiger partial charge >= 0.3 is 0 Å². The van der Waals surface area contributed by atoms with Gasteiger partial charge in [0.2, 0.25) is 5.91 Å². The van der Waals surface area contributed by atoms with Gasteiger partial charge in [-0.25, -0.2) is 0 Å². The fourth-order valence-corrected chi connectivity index (χ4v) is 2.95. The van der Waals surface area contributed by atoms with Crippen LogP contribution in [0.1, 0.15) is 38.5 Å². The van der Waals surface area contributed by atoms with Gasteiger partial charge in [-0.2, -0.15) is 0 Å². The molecule has 0 spiro atoms. The quantitative estimate of drug-likeness (QED) is 0.840. The number of likely N-dealkylation sites (tertiary alicyclic amines) is 1. The highest BCUT2D eigenvalue weighted by Crippen LogP contribution is 2.22. The summed E-state index contributed by atoms with van der Waals surface area (Å²) in [5.41, 5.74) is 0. The van der Waals surface area contributed by atoms with E-state index in [2.05, 4.69) is 5.32 Å². The number of halogens is 1. The van der Waals surface area contributed by atoms with Crippen molar-refractivity contribution >= 4 is 18.3 Å². The molecule has 2 heterocycles. The zero-order valence-electron chi connectivity index (χ0n) is 11.9. The minimum absolute atomic E-state index is 0. The topological polar surface area (TPSA) is 41.6 Å². The third kappa shape index (κ3) is 5.28. The molecule has 1 unspecified atom stereocenters. The molecule has 2 rings (SSSR count). The largest absolute Gasteiger partial charge is 0.378 e. The summed E-state index contributed by atoms with van der Waals surface area (Å²) in [5, 5.41) is 3.20. The van der Waals surface area contributed by atoms with Gasteiger partial charge in [-0.05, 0) is 51.6 Å². The molecule has 0 aromatic carbocycles. The number of piperidine rings is 1. The Morgan fingerprint density at radius 2 is 2.05 bits per heavy atom. The van der Waals surface area contributed by atoms with E-state index in [1.54, 1.807) is 0 Å². The summed E-state index contributed by atoms with van der Waals surface area (Å²) in [6, 6.07) is 0. The van der Waals surface area contributed by atoms with Crippen molar-refractivity contribution < 1.29 is 9.53 Å². The van der Waals surface area contributed by atoms with Crippen LogP contribution in [0.15, 0.2) is 0 Å². The predicted molar refractivity (Wildman–Crippen MR) is 78.7 cm³/mol. The Balaban J connectivity index is 0.00000180. The summed E-state index contributed by atoms with van der Waals surface area (Å²) in [7, 11) is 2.00. The standard InChI is InChI=1S/C14H26N2O2.ClH/c1-15-7-4-12-5-8-16(9-6-12)14(17)11-13-3-2-10-18-13;/h12-13,15H,2-11H2,1H3;1H. The van der Waals surface area contributed by atoms with Gasteiger partial charge in [-0.3, -0.25) is 4.79 Å². The van der Waals surface area contributed by atoms with E-state index < -0.39 is 0 Å². The zero-order chi connectivity index (χ0) is 12.8. The molecule has 0 radical (unpaired) electrons. The highest BCUT2D eigenvalue weighted by molar-refractivity contribution is 5.85. The van der Waals surface area contributed by atoms with Crippen LogP contribution in [0.4, 0.5) is 0 Å². The van der Waals surface area contributed by atoms with Gasteiger partial charge in [0.1, 0.15) is 0 Å². The Hall–Kier alpha value is -0.320. The van der Waals surface area contributed by atoms with E-state index in [-0.39, 0.29) is 18.5 Å². The van der Waals surface area contributed by atoms with Gasteiger partial charge in [0.25, 0.3) is 0 Å². The van der Waals surface area contributed by atoms with Crippen LogP contribution < -0.4 is 5.32 Å². The van der Waals surface area contributed by atoms with Gasteiger partial charge in [0.15, 0.2) is 0 Å². The van der Waals surface area contributed by atoms with Crippen LogP contribution in [-0.4, -0.2) is 50.2 Å². The Morgan fingerprint density at radius 3 is 2.63 bits per heavy atom.